The number of fused-ring (bicyclic) bond motifs is 1. The predicted molar refractivity (Wildman–Crippen MR) is 104 cm³/mol. The zero-order valence-electron chi connectivity index (χ0n) is 15.6. The van der Waals surface area contributed by atoms with Gasteiger partial charge in [0.15, 0.2) is 6.10 Å². The van der Waals surface area contributed by atoms with E-state index in [1.807, 2.05) is 24.3 Å². The van der Waals surface area contributed by atoms with Crippen LogP contribution in [0.25, 0.3) is 10.2 Å². The molecule has 1 aliphatic rings. The molecule has 1 atom stereocenters. The lowest BCUT2D eigenvalue weighted by atomic mass is 10.1. The summed E-state index contributed by atoms with van der Waals surface area (Å²) < 4.78 is 11.7. The maximum absolute atomic E-state index is 12.2. The number of carbonyl (C=O) groups excluding carboxylic acids is 2. The number of ether oxygens (including phenoxy) is 2. The number of thiazole rings is 1. The molecule has 0 radical (unpaired) electrons. The zero-order chi connectivity index (χ0) is 19.1. The second kappa shape index (κ2) is 9.80. The van der Waals surface area contributed by atoms with Gasteiger partial charge in [0.25, 0.3) is 5.91 Å². The smallest absolute Gasteiger partial charge is 0.332 e. The molecule has 0 aliphatic heterocycles. The molecule has 1 saturated carbocycles. The zero-order valence-corrected chi connectivity index (χ0v) is 16.4. The second-order valence-electron chi connectivity index (χ2n) is 6.90. The maximum Gasteiger partial charge on any atom is 0.332 e. The lowest BCUT2D eigenvalue weighted by molar-refractivity contribution is -0.159. The van der Waals surface area contributed by atoms with E-state index in [9.17, 15) is 9.59 Å². The molecule has 6 nitrogen and oxygen atoms in total. The highest BCUT2D eigenvalue weighted by molar-refractivity contribution is 7.18. The minimum absolute atomic E-state index is 0.191. The van der Waals surface area contributed by atoms with Crippen LogP contribution in [-0.2, 0) is 25.7 Å². The molecule has 0 unspecified atom stereocenters. The highest BCUT2D eigenvalue weighted by Gasteiger charge is 2.21. The average Bonchev–Trinajstić information content (AvgIpc) is 2.89. The SMILES string of the molecule is C[C@@H](OC(=O)COCc1nc2ccccc2s1)C(=O)NC1CCCCCC1. The van der Waals surface area contributed by atoms with E-state index in [0.717, 1.165) is 40.9 Å². The van der Waals surface area contributed by atoms with Gasteiger partial charge in [-0.05, 0) is 31.9 Å². The predicted octanol–water partition coefficient (Wildman–Crippen LogP) is 3.58. The molecule has 0 bridgehead atoms. The number of hydrogen-bond acceptors (Lipinski definition) is 6. The fourth-order valence-corrected chi connectivity index (χ4v) is 4.14. The molecule has 1 heterocycles. The van der Waals surface area contributed by atoms with Crippen LogP contribution in [-0.4, -0.2) is 35.6 Å². The molecule has 1 fully saturated rings. The monoisotopic (exact) mass is 390 g/mol. The van der Waals surface area contributed by atoms with Gasteiger partial charge in [-0.15, -0.1) is 11.3 Å². The molecule has 1 amide bonds. The molecule has 146 valence electrons. The van der Waals surface area contributed by atoms with Crippen molar-refractivity contribution >= 4 is 33.4 Å². The minimum Gasteiger partial charge on any atom is -0.451 e. The van der Waals surface area contributed by atoms with Crippen LogP contribution >= 0.6 is 11.3 Å². The number of hydrogen-bond donors (Lipinski definition) is 1. The summed E-state index contributed by atoms with van der Waals surface area (Å²) in [6, 6.07) is 8.03. The van der Waals surface area contributed by atoms with Gasteiger partial charge in [-0.1, -0.05) is 37.8 Å². The van der Waals surface area contributed by atoms with Crippen molar-refractivity contribution in [3.05, 3.63) is 29.3 Å². The van der Waals surface area contributed by atoms with E-state index < -0.39 is 12.1 Å². The van der Waals surface area contributed by atoms with Crippen molar-refractivity contribution in [1.29, 1.82) is 0 Å². The molecule has 1 aromatic carbocycles. The lowest BCUT2D eigenvalue weighted by Crippen LogP contribution is -2.42. The van der Waals surface area contributed by atoms with Crippen molar-refractivity contribution in [1.82, 2.24) is 10.3 Å². The van der Waals surface area contributed by atoms with Crippen LogP contribution in [0.15, 0.2) is 24.3 Å². The lowest BCUT2D eigenvalue weighted by Gasteiger charge is -2.19. The third kappa shape index (κ3) is 6.01. The Bertz CT molecular complexity index is 735. The molecular formula is C20H26N2O4S. The van der Waals surface area contributed by atoms with E-state index in [1.165, 1.54) is 24.2 Å². The van der Waals surface area contributed by atoms with Crippen LogP contribution in [0.1, 0.15) is 50.5 Å². The second-order valence-corrected chi connectivity index (χ2v) is 8.01. The van der Waals surface area contributed by atoms with Crippen LogP contribution in [0.4, 0.5) is 0 Å². The molecular weight excluding hydrogens is 364 g/mol. The van der Waals surface area contributed by atoms with E-state index in [1.54, 1.807) is 6.92 Å². The number of aromatic nitrogens is 1. The highest BCUT2D eigenvalue weighted by atomic mass is 32.1. The largest absolute Gasteiger partial charge is 0.451 e. The summed E-state index contributed by atoms with van der Waals surface area (Å²) in [4.78, 5) is 28.6. The number of nitrogens with one attached hydrogen (secondary N) is 1. The van der Waals surface area contributed by atoms with Gasteiger partial charge < -0.3 is 14.8 Å². The number of carbonyl (C=O) groups is 2. The van der Waals surface area contributed by atoms with Crippen molar-refractivity contribution in [3.63, 3.8) is 0 Å². The van der Waals surface area contributed by atoms with Gasteiger partial charge in [0, 0.05) is 6.04 Å². The Kier molecular flexibility index (Phi) is 7.18. The van der Waals surface area contributed by atoms with E-state index in [2.05, 4.69) is 10.3 Å². The van der Waals surface area contributed by atoms with Crippen LogP contribution in [0.5, 0.6) is 0 Å². The molecule has 0 saturated heterocycles. The van der Waals surface area contributed by atoms with Crippen LogP contribution in [0.3, 0.4) is 0 Å². The summed E-state index contributed by atoms with van der Waals surface area (Å²) in [7, 11) is 0. The third-order valence-corrected chi connectivity index (χ3v) is 5.67. The molecule has 1 aromatic heterocycles. The third-order valence-electron chi connectivity index (χ3n) is 4.66. The Labute approximate surface area is 163 Å². The maximum atomic E-state index is 12.2. The first-order valence-electron chi connectivity index (χ1n) is 9.54. The van der Waals surface area contributed by atoms with Crippen molar-refractivity contribution in [2.45, 2.75) is 64.2 Å². The molecule has 2 aromatic rings. The first-order chi connectivity index (χ1) is 13.1. The van der Waals surface area contributed by atoms with Crippen LogP contribution < -0.4 is 5.32 Å². The summed E-state index contributed by atoms with van der Waals surface area (Å²) in [5.74, 6) is -0.777. The van der Waals surface area contributed by atoms with Gasteiger partial charge in [-0.25, -0.2) is 9.78 Å². The molecule has 1 aliphatic carbocycles. The van der Waals surface area contributed by atoms with E-state index in [0.29, 0.717) is 0 Å². The van der Waals surface area contributed by atoms with Crippen molar-refractivity contribution < 1.29 is 19.1 Å². The van der Waals surface area contributed by atoms with E-state index in [4.69, 9.17) is 9.47 Å². The van der Waals surface area contributed by atoms with Gasteiger partial charge in [0.1, 0.15) is 11.6 Å². The van der Waals surface area contributed by atoms with E-state index in [-0.39, 0.29) is 25.2 Å². The number of esters is 1. The first-order valence-corrected chi connectivity index (χ1v) is 10.4. The first kappa shape index (κ1) is 19.8. The van der Waals surface area contributed by atoms with Gasteiger partial charge in [-0.2, -0.15) is 0 Å². The molecule has 27 heavy (non-hydrogen) atoms. The summed E-state index contributed by atoms with van der Waals surface area (Å²) in [5, 5.41) is 3.80. The number of benzene rings is 1. The number of nitrogens with zero attached hydrogens (tertiary/aromatic N) is 1. The molecule has 0 spiro atoms. The summed E-state index contributed by atoms with van der Waals surface area (Å²) in [6.45, 7) is 1.64. The topological polar surface area (TPSA) is 77.5 Å². The van der Waals surface area contributed by atoms with Crippen LogP contribution in [0, 0.1) is 0 Å². The highest BCUT2D eigenvalue weighted by Crippen LogP contribution is 2.22. The van der Waals surface area contributed by atoms with Crippen molar-refractivity contribution in [2.75, 3.05) is 6.61 Å². The number of amides is 1. The normalized spacial score (nSPS) is 16.6. The fourth-order valence-electron chi connectivity index (χ4n) is 3.23. The van der Waals surface area contributed by atoms with Crippen molar-refractivity contribution in [2.24, 2.45) is 0 Å². The Morgan fingerprint density at radius 1 is 1.22 bits per heavy atom. The fraction of sp³-hybridized carbons (Fsp3) is 0.550. The Morgan fingerprint density at radius 2 is 1.96 bits per heavy atom. The van der Waals surface area contributed by atoms with Gasteiger partial charge in [0.2, 0.25) is 0 Å². The quantitative estimate of drug-likeness (QED) is 0.577. The Balaban J connectivity index is 1.38. The minimum atomic E-state index is -0.813. The van der Waals surface area contributed by atoms with Crippen molar-refractivity contribution in [3.8, 4) is 0 Å². The molecule has 3 rings (SSSR count). The van der Waals surface area contributed by atoms with Gasteiger partial charge in [-0.3, -0.25) is 4.79 Å². The number of para-hydroxylation sites is 1. The van der Waals surface area contributed by atoms with Crippen LogP contribution in [0.2, 0.25) is 0 Å². The Hall–Kier alpha value is -1.99. The molecule has 1 N–H and O–H groups in total. The van der Waals surface area contributed by atoms with Gasteiger partial charge in [0.05, 0.1) is 16.8 Å². The summed E-state index contributed by atoms with van der Waals surface area (Å²) in [5.41, 5.74) is 0.924. The average molecular weight is 391 g/mol. The number of rotatable bonds is 7. The summed E-state index contributed by atoms with van der Waals surface area (Å²) >= 11 is 1.54. The van der Waals surface area contributed by atoms with E-state index >= 15 is 0 Å². The Morgan fingerprint density at radius 3 is 2.70 bits per heavy atom. The van der Waals surface area contributed by atoms with Gasteiger partial charge >= 0.3 is 5.97 Å². The molecule has 7 heteroatoms. The standard InChI is InChI=1S/C20H26N2O4S/c1-14(20(24)21-15-8-4-2-3-5-9-15)26-19(23)13-25-12-18-22-16-10-6-7-11-17(16)27-18/h6-7,10-11,14-15H,2-5,8-9,12-13H2,1H3,(H,21,24)/t14-/m1/s1. The summed E-state index contributed by atoms with van der Waals surface area (Å²) in [6.07, 6.45) is 5.91.